The first-order valence-electron chi connectivity index (χ1n) is 8.82. The van der Waals surface area contributed by atoms with E-state index in [4.69, 9.17) is 0 Å². The fraction of sp³-hybridized carbons (Fsp3) is 0.190. The van der Waals surface area contributed by atoms with Crippen molar-refractivity contribution >= 4 is 23.0 Å². The highest BCUT2D eigenvalue weighted by Crippen LogP contribution is 2.26. The molecule has 0 atom stereocenters. The lowest BCUT2D eigenvalue weighted by Crippen LogP contribution is -2.32. The molecule has 0 unspecified atom stereocenters. The number of carbonyl (C=O) groups excluding carboxylic acids is 1. The molecule has 1 heterocycles. The van der Waals surface area contributed by atoms with E-state index in [9.17, 15) is 19.1 Å². The van der Waals surface area contributed by atoms with Gasteiger partial charge in [0.15, 0.2) is 0 Å². The Bertz CT molecular complexity index is 1120. The second-order valence-electron chi connectivity index (χ2n) is 6.80. The van der Waals surface area contributed by atoms with Gasteiger partial charge in [0.25, 0.3) is 11.5 Å². The van der Waals surface area contributed by atoms with Crippen LogP contribution in [0.25, 0.3) is 10.9 Å². The van der Waals surface area contributed by atoms with Gasteiger partial charge in [0.1, 0.15) is 17.1 Å². The molecule has 0 aliphatic heterocycles. The highest BCUT2D eigenvalue weighted by atomic mass is 19.1. The molecule has 6 nitrogen and oxygen atoms in total. The third-order valence-corrected chi connectivity index (χ3v) is 4.15. The molecule has 2 aromatic carbocycles. The SMILES string of the molecule is CC(C)Cn1c(=O)c(C(=O)N/N=C/c2cccc(F)c2)c(O)c2ccccc21. The van der Waals surface area contributed by atoms with Crippen molar-refractivity contribution in [3.05, 3.63) is 75.8 Å². The minimum Gasteiger partial charge on any atom is -0.506 e. The number of pyridine rings is 1. The number of para-hydroxylation sites is 1. The van der Waals surface area contributed by atoms with Gasteiger partial charge in [-0.2, -0.15) is 5.10 Å². The van der Waals surface area contributed by atoms with Gasteiger partial charge >= 0.3 is 0 Å². The van der Waals surface area contributed by atoms with Crippen LogP contribution in [0.5, 0.6) is 5.75 Å². The van der Waals surface area contributed by atoms with Crippen LogP contribution in [0.2, 0.25) is 0 Å². The summed E-state index contributed by atoms with van der Waals surface area (Å²) in [4.78, 5) is 25.5. The van der Waals surface area contributed by atoms with E-state index in [1.165, 1.54) is 29.0 Å². The molecule has 2 N–H and O–H groups in total. The zero-order valence-electron chi connectivity index (χ0n) is 15.5. The first-order chi connectivity index (χ1) is 13.4. The Morgan fingerprint density at radius 2 is 2.00 bits per heavy atom. The van der Waals surface area contributed by atoms with Crippen LogP contribution in [0.4, 0.5) is 4.39 Å². The van der Waals surface area contributed by atoms with Crippen molar-refractivity contribution in [2.45, 2.75) is 20.4 Å². The number of carbonyl (C=O) groups is 1. The molecule has 0 spiro atoms. The molecule has 0 saturated carbocycles. The van der Waals surface area contributed by atoms with Crippen LogP contribution in [0.15, 0.2) is 58.4 Å². The summed E-state index contributed by atoms with van der Waals surface area (Å²) < 4.78 is 14.7. The van der Waals surface area contributed by atoms with Crippen molar-refractivity contribution in [1.29, 1.82) is 0 Å². The van der Waals surface area contributed by atoms with Crippen molar-refractivity contribution in [2.24, 2.45) is 11.0 Å². The zero-order chi connectivity index (χ0) is 20.3. The summed E-state index contributed by atoms with van der Waals surface area (Å²) in [6, 6.07) is 12.5. The molecule has 0 aliphatic rings. The van der Waals surface area contributed by atoms with Crippen molar-refractivity contribution in [1.82, 2.24) is 9.99 Å². The summed E-state index contributed by atoms with van der Waals surface area (Å²) in [5.41, 5.74) is 2.25. The molecule has 3 aromatic rings. The number of benzene rings is 2. The zero-order valence-corrected chi connectivity index (χ0v) is 15.5. The largest absolute Gasteiger partial charge is 0.506 e. The second-order valence-corrected chi connectivity index (χ2v) is 6.80. The van der Waals surface area contributed by atoms with E-state index < -0.39 is 17.3 Å². The van der Waals surface area contributed by atoms with Crippen LogP contribution in [0, 0.1) is 11.7 Å². The van der Waals surface area contributed by atoms with Crippen LogP contribution in [-0.4, -0.2) is 21.8 Å². The molecule has 0 saturated heterocycles. The number of aromatic hydroxyl groups is 1. The molecule has 28 heavy (non-hydrogen) atoms. The van der Waals surface area contributed by atoms with Gasteiger partial charge < -0.3 is 9.67 Å². The van der Waals surface area contributed by atoms with Gasteiger partial charge in [-0.3, -0.25) is 9.59 Å². The third kappa shape index (κ3) is 3.93. The maximum absolute atomic E-state index is 13.2. The number of nitrogens with one attached hydrogen (secondary N) is 1. The maximum atomic E-state index is 13.2. The minimum absolute atomic E-state index is 0.160. The Morgan fingerprint density at radius 3 is 2.71 bits per heavy atom. The number of hydrogen-bond donors (Lipinski definition) is 2. The highest BCUT2D eigenvalue weighted by molar-refractivity contribution is 6.02. The molecular formula is C21H20FN3O3. The second kappa shape index (κ2) is 8.04. The minimum atomic E-state index is -0.835. The van der Waals surface area contributed by atoms with Crippen LogP contribution in [0.1, 0.15) is 29.8 Å². The molecule has 0 aliphatic carbocycles. The van der Waals surface area contributed by atoms with Crippen LogP contribution >= 0.6 is 0 Å². The van der Waals surface area contributed by atoms with E-state index in [2.05, 4.69) is 10.5 Å². The number of rotatable bonds is 5. The number of hydrazone groups is 1. The van der Waals surface area contributed by atoms with Crippen molar-refractivity contribution in [3.8, 4) is 5.75 Å². The summed E-state index contributed by atoms with van der Waals surface area (Å²) in [7, 11) is 0. The van der Waals surface area contributed by atoms with E-state index in [1.54, 1.807) is 30.3 Å². The predicted octanol–water partition coefficient (Wildman–Crippen LogP) is 3.27. The molecule has 0 fully saturated rings. The predicted molar refractivity (Wildman–Crippen MR) is 106 cm³/mol. The number of halogens is 1. The van der Waals surface area contributed by atoms with Crippen molar-refractivity contribution < 1.29 is 14.3 Å². The maximum Gasteiger partial charge on any atom is 0.280 e. The van der Waals surface area contributed by atoms with E-state index in [0.717, 1.165) is 0 Å². The lowest BCUT2D eigenvalue weighted by atomic mass is 10.1. The van der Waals surface area contributed by atoms with Gasteiger partial charge in [-0.1, -0.05) is 38.1 Å². The fourth-order valence-electron chi connectivity index (χ4n) is 2.95. The van der Waals surface area contributed by atoms with Gasteiger partial charge in [0, 0.05) is 11.9 Å². The topological polar surface area (TPSA) is 83.7 Å². The number of fused-ring (bicyclic) bond motifs is 1. The Kier molecular flexibility index (Phi) is 5.54. The standard InChI is InChI=1S/C21H20FN3O3/c1-13(2)12-25-17-9-4-3-8-16(17)19(26)18(21(25)28)20(27)24-23-11-14-6-5-7-15(22)10-14/h3-11,13,26H,12H2,1-2H3,(H,24,27)/b23-11+. The van der Waals surface area contributed by atoms with Gasteiger partial charge in [0.05, 0.1) is 11.7 Å². The summed E-state index contributed by atoms with van der Waals surface area (Å²) in [5.74, 6) is -1.50. The normalized spacial score (nSPS) is 11.4. The molecule has 0 radical (unpaired) electrons. The monoisotopic (exact) mass is 381 g/mol. The third-order valence-electron chi connectivity index (χ3n) is 4.15. The molecule has 3 rings (SSSR count). The van der Waals surface area contributed by atoms with Crippen molar-refractivity contribution in [3.63, 3.8) is 0 Å². The molecule has 1 amide bonds. The van der Waals surface area contributed by atoms with Crippen LogP contribution < -0.4 is 11.0 Å². The Balaban J connectivity index is 1.99. The highest BCUT2D eigenvalue weighted by Gasteiger charge is 2.22. The van der Waals surface area contributed by atoms with Crippen LogP contribution in [-0.2, 0) is 6.54 Å². The summed E-state index contributed by atoms with van der Waals surface area (Å²) >= 11 is 0. The van der Waals surface area contributed by atoms with E-state index >= 15 is 0 Å². The van der Waals surface area contributed by atoms with Crippen LogP contribution in [0.3, 0.4) is 0 Å². The number of nitrogens with zero attached hydrogens (tertiary/aromatic N) is 2. The number of hydrogen-bond acceptors (Lipinski definition) is 4. The van der Waals surface area contributed by atoms with Gasteiger partial charge in [-0.25, -0.2) is 9.82 Å². The number of aromatic nitrogens is 1. The van der Waals surface area contributed by atoms with E-state index in [0.29, 0.717) is 23.0 Å². The first kappa shape index (κ1) is 19.3. The summed E-state index contributed by atoms with van der Waals surface area (Å²) in [6.07, 6.45) is 1.26. The Morgan fingerprint density at radius 1 is 1.25 bits per heavy atom. The molecular weight excluding hydrogens is 361 g/mol. The molecule has 144 valence electrons. The van der Waals surface area contributed by atoms with E-state index in [-0.39, 0.29) is 17.2 Å². The lowest BCUT2D eigenvalue weighted by molar-refractivity contribution is 0.0950. The Hall–Kier alpha value is -3.48. The Labute approximate surface area is 160 Å². The smallest absolute Gasteiger partial charge is 0.280 e. The molecule has 0 bridgehead atoms. The van der Waals surface area contributed by atoms with Gasteiger partial charge in [-0.05, 0) is 35.7 Å². The van der Waals surface area contributed by atoms with Crippen molar-refractivity contribution in [2.75, 3.05) is 0 Å². The number of amides is 1. The molecule has 7 heteroatoms. The fourth-order valence-corrected chi connectivity index (χ4v) is 2.95. The lowest BCUT2D eigenvalue weighted by Gasteiger charge is -2.15. The molecule has 1 aromatic heterocycles. The first-order valence-corrected chi connectivity index (χ1v) is 8.82. The van der Waals surface area contributed by atoms with Gasteiger partial charge in [-0.15, -0.1) is 0 Å². The summed E-state index contributed by atoms with van der Waals surface area (Å²) in [5, 5.41) is 14.7. The quantitative estimate of drug-likeness (QED) is 0.526. The van der Waals surface area contributed by atoms with E-state index in [1.807, 2.05) is 13.8 Å². The average molecular weight is 381 g/mol. The summed E-state index contributed by atoms with van der Waals surface area (Å²) in [6.45, 7) is 4.31. The van der Waals surface area contributed by atoms with Gasteiger partial charge in [0.2, 0.25) is 0 Å². The average Bonchev–Trinajstić information content (AvgIpc) is 2.65.